The van der Waals surface area contributed by atoms with Crippen LogP contribution in [0.2, 0.25) is 25.7 Å². The standard InChI is InChI=1S/C21H26Si/c1-22(2,3)16-21-19(15-17-9-5-4-6-10-17)14-13-18-11-7-8-12-20(18)21/h4-12H,13-16H2,1-3H3. The number of rotatable bonds is 4. The van der Waals surface area contributed by atoms with Crippen LogP contribution >= 0.6 is 0 Å². The van der Waals surface area contributed by atoms with Crippen molar-refractivity contribution in [2.75, 3.05) is 0 Å². The Morgan fingerprint density at radius 1 is 0.818 bits per heavy atom. The maximum atomic E-state index is 2.48. The van der Waals surface area contributed by atoms with E-state index in [0.29, 0.717) is 0 Å². The summed E-state index contributed by atoms with van der Waals surface area (Å²) in [6.07, 6.45) is 3.55. The molecule has 0 aliphatic heterocycles. The molecule has 1 aliphatic rings. The van der Waals surface area contributed by atoms with Crippen LogP contribution in [-0.2, 0) is 12.8 Å². The Morgan fingerprint density at radius 2 is 1.50 bits per heavy atom. The van der Waals surface area contributed by atoms with Crippen LogP contribution < -0.4 is 0 Å². The summed E-state index contributed by atoms with van der Waals surface area (Å²) in [7, 11) is -1.13. The molecule has 0 saturated heterocycles. The first-order valence-electron chi connectivity index (χ1n) is 8.36. The van der Waals surface area contributed by atoms with Gasteiger partial charge in [-0.2, -0.15) is 0 Å². The fraction of sp³-hybridized carbons (Fsp3) is 0.333. The molecule has 1 heteroatoms. The van der Waals surface area contributed by atoms with Gasteiger partial charge in [0.05, 0.1) is 0 Å². The first kappa shape index (κ1) is 15.3. The van der Waals surface area contributed by atoms with E-state index in [4.69, 9.17) is 0 Å². The lowest BCUT2D eigenvalue weighted by Gasteiger charge is -2.28. The molecule has 0 saturated carbocycles. The van der Waals surface area contributed by atoms with Gasteiger partial charge in [-0.15, -0.1) is 0 Å². The second kappa shape index (κ2) is 6.25. The van der Waals surface area contributed by atoms with Crippen molar-refractivity contribution in [3.8, 4) is 0 Å². The van der Waals surface area contributed by atoms with Crippen molar-refractivity contribution >= 4 is 13.6 Å². The predicted octanol–water partition coefficient (Wildman–Crippen LogP) is 5.97. The van der Waals surface area contributed by atoms with Gasteiger partial charge in [-0.25, -0.2) is 0 Å². The zero-order chi connectivity index (χ0) is 15.6. The van der Waals surface area contributed by atoms with E-state index in [1.165, 1.54) is 30.0 Å². The lowest BCUT2D eigenvalue weighted by molar-refractivity contribution is 0.876. The minimum Gasteiger partial charge on any atom is -0.0693 e. The van der Waals surface area contributed by atoms with Crippen LogP contribution in [0.15, 0.2) is 60.2 Å². The maximum Gasteiger partial charge on any atom is 0.0487 e. The van der Waals surface area contributed by atoms with E-state index in [-0.39, 0.29) is 0 Å². The minimum absolute atomic E-state index is 1.12. The van der Waals surface area contributed by atoms with Gasteiger partial charge >= 0.3 is 0 Å². The highest BCUT2D eigenvalue weighted by atomic mass is 28.3. The molecular weight excluding hydrogens is 280 g/mol. The van der Waals surface area contributed by atoms with Gasteiger partial charge in [0.1, 0.15) is 0 Å². The summed E-state index contributed by atoms with van der Waals surface area (Å²) >= 11 is 0. The van der Waals surface area contributed by atoms with Crippen molar-refractivity contribution in [3.05, 3.63) is 76.9 Å². The number of allylic oxidation sites excluding steroid dienone is 2. The lowest BCUT2D eigenvalue weighted by atomic mass is 9.84. The van der Waals surface area contributed by atoms with Gasteiger partial charge in [-0.3, -0.25) is 0 Å². The number of aryl methyl sites for hydroxylation is 1. The van der Waals surface area contributed by atoms with E-state index in [9.17, 15) is 0 Å². The first-order valence-corrected chi connectivity index (χ1v) is 12.1. The Labute approximate surface area is 135 Å². The fourth-order valence-electron chi connectivity index (χ4n) is 3.45. The molecule has 2 aromatic rings. The van der Waals surface area contributed by atoms with E-state index in [0.717, 1.165) is 6.42 Å². The Bertz CT molecular complexity index is 675. The van der Waals surface area contributed by atoms with Crippen molar-refractivity contribution in [1.82, 2.24) is 0 Å². The van der Waals surface area contributed by atoms with Crippen LogP contribution in [-0.4, -0.2) is 8.07 Å². The van der Waals surface area contributed by atoms with Crippen LogP contribution in [0.25, 0.3) is 5.57 Å². The van der Waals surface area contributed by atoms with Crippen molar-refractivity contribution in [2.45, 2.75) is 44.9 Å². The summed E-state index contributed by atoms with van der Waals surface area (Å²) in [5, 5.41) is 0. The molecule has 2 aromatic carbocycles. The second-order valence-corrected chi connectivity index (χ2v) is 13.1. The molecular formula is C21H26Si. The van der Waals surface area contributed by atoms with Crippen LogP contribution in [0.1, 0.15) is 23.1 Å². The van der Waals surface area contributed by atoms with Gasteiger partial charge in [0.25, 0.3) is 0 Å². The summed E-state index contributed by atoms with van der Waals surface area (Å²) in [6.45, 7) is 7.45. The number of hydrogen-bond donors (Lipinski definition) is 0. The third-order valence-corrected chi connectivity index (χ3v) is 5.85. The summed E-state index contributed by atoms with van der Waals surface area (Å²) in [5.74, 6) is 0. The maximum absolute atomic E-state index is 2.48. The fourth-order valence-corrected chi connectivity index (χ4v) is 4.95. The first-order chi connectivity index (χ1) is 10.5. The van der Waals surface area contributed by atoms with Crippen LogP contribution in [0.4, 0.5) is 0 Å². The van der Waals surface area contributed by atoms with Crippen molar-refractivity contribution in [2.24, 2.45) is 0 Å². The molecule has 0 amide bonds. The Hall–Kier alpha value is -1.60. The third kappa shape index (κ3) is 3.59. The summed E-state index contributed by atoms with van der Waals surface area (Å²) in [6, 6.07) is 21.3. The third-order valence-electron chi connectivity index (χ3n) is 4.43. The van der Waals surface area contributed by atoms with E-state index in [1.54, 1.807) is 16.7 Å². The summed E-state index contributed by atoms with van der Waals surface area (Å²) in [5.41, 5.74) is 7.86. The molecule has 0 bridgehead atoms. The molecule has 0 radical (unpaired) electrons. The Morgan fingerprint density at radius 3 is 2.23 bits per heavy atom. The van der Waals surface area contributed by atoms with Gasteiger partial charge in [0.2, 0.25) is 0 Å². The molecule has 0 nitrogen and oxygen atoms in total. The Kier molecular flexibility index (Phi) is 4.35. The Balaban J connectivity index is 2.02. The summed E-state index contributed by atoms with van der Waals surface area (Å²) in [4.78, 5) is 0. The van der Waals surface area contributed by atoms with Crippen LogP contribution in [0, 0.1) is 0 Å². The minimum atomic E-state index is -1.13. The number of fused-ring (bicyclic) bond motifs is 1. The average Bonchev–Trinajstić information content (AvgIpc) is 2.49. The van der Waals surface area contributed by atoms with Gasteiger partial charge in [-0.1, -0.05) is 79.8 Å². The molecule has 0 N–H and O–H groups in total. The quantitative estimate of drug-likeness (QED) is 0.611. The second-order valence-electron chi connectivity index (χ2n) is 7.64. The normalized spacial score (nSPS) is 14.9. The van der Waals surface area contributed by atoms with Gasteiger partial charge < -0.3 is 0 Å². The van der Waals surface area contributed by atoms with E-state index in [2.05, 4.69) is 74.2 Å². The smallest absolute Gasteiger partial charge is 0.0487 e. The molecule has 22 heavy (non-hydrogen) atoms. The molecule has 0 fully saturated rings. The molecule has 3 rings (SSSR count). The number of benzene rings is 2. The molecule has 1 aliphatic carbocycles. The van der Waals surface area contributed by atoms with E-state index >= 15 is 0 Å². The average molecular weight is 307 g/mol. The van der Waals surface area contributed by atoms with E-state index < -0.39 is 8.07 Å². The molecule has 0 spiro atoms. The highest BCUT2D eigenvalue weighted by molar-refractivity contribution is 6.77. The molecule has 114 valence electrons. The van der Waals surface area contributed by atoms with Gasteiger partial charge in [0.15, 0.2) is 0 Å². The SMILES string of the molecule is C[Si](C)(C)CC1=C(Cc2ccccc2)CCc2ccccc21. The highest BCUT2D eigenvalue weighted by Crippen LogP contribution is 2.38. The van der Waals surface area contributed by atoms with Crippen LogP contribution in [0.5, 0.6) is 0 Å². The molecule has 0 atom stereocenters. The number of hydrogen-bond acceptors (Lipinski definition) is 0. The molecule has 0 aromatic heterocycles. The van der Waals surface area contributed by atoms with Crippen molar-refractivity contribution in [1.29, 1.82) is 0 Å². The topological polar surface area (TPSA) is 0 Å². The van der Waals surface area contributed by atoms with Crippen LogP contribution in [0.3, 0.4) is 0 Å². The molecule has 0 heterocycles. The lowest BCUT2D eigenvalue weighted by Crippen LogP contribution is -2.22. The monoisotopic (exact) mass is 306 g/mol. The van der Waals surface area contributed by atoms with Gasteiger partial charge in [-0.05, 0) is 47.6 Å². The van der Waals surface area contributed by atoms with Crippen molar-refractivity contribution in [3.63, 3.8) is 0 Å². The highest BCUT2D eigenvalue weighted by Gasteiger charge is 2.24. The van der Waals surface area contributed by atoms with E-state index in [1.807, 2.05) is 0 Å². The summed E-state index contributed by atoms with van der Waals surface area (Å²) < 4.78 is 0. The predicted molar refractivity (Wildman–Crippen MR) is 100.0 cm³/mol. The molecule has 0 unspecified atom stereocenters. The largest absolute Gasteiger partial charge is 0.0693 e. The van der Waals surface area contributed by atoms with Crippen molar-refractivity contribution < 1.29 is 0 Å². The van der Waals surface area contributed by atoms with Gasteiger partial charge in [0, 0.05) is 8.07 Å². The zero-order valence-corrected chi connectivity index (χ0v) is 15.0. The zero-order valence-electron chi connectivity index (χ0n) is 14.0.